The molecule has 1 aromatic rings. The molecule has 1 saturated carbocycles. The molecule has 2 unspecified atom stereocenters. The maximum absolute atomic E-state index is 4.66. The van der Waals surface area contributed by atoms with Crippen molar-refractivity contribution in [3.63, 3.8) is 0 Å². The van der Waals surface area contributed by atoms with Crippen LogP contribution in [0.25, 0.3) is 0 Å². The molecule has 1 saturated heterocycles. The van der Waals surface area contributed by atoms with Crippen LogP contribution in [0.3, 0.4) is 0 Å². The summed E-state index contributed by atoms with van der Waals surface area (Å²) >= 11 is 2.10. The van der Waals surface area contributed by atoms with Crippen molar-refractivity contribution in [3.8, 4) is 0 Å². The first-order chi connectivity index (χ1) is 9.54. The van der Waals surface area contributed by atoms with Crippen LogP contribution < -0.4 is 10.2 Å². The Kier molecular flexibility index (Phi) is 4.00. The molecule has 0 aromatic carbocycles. The van der Waals surface area contributed by atoms with Crippen LogP contribution in [0.2, 0.25) is 0 Å². The zero-order chi connectivity index (χ0) is 14.3. The fourth-order valence-electron chi connectivity index (χ4n) is 3.18. The molecule has 2 fully saturated rings. The molecule has 0 spiro atoms. The van der Waals surface area contributed by atoms with Gasteiger partial charge in [0.15, 0.2) is 0 Å². The van der Waals surface area contributed by atoms with Gasteiger partial charge in [0.2, 0.25) is 0 Å². The van der Waals surface area contributed by atoms with E-state index in [1.54, 1.807) is 0 Å². The summed E-state index contributed by atoms with van der Waals surface area (Å²) in [4.78, 5) is 2.54. The Hall–Kier alpha value is -0.680. The minimum Gasteiger partial charge on any atom is -0.354 e. The van der Waals surface area contributed by atoms with Crippen molar-refractivity contribution in [3.05, 3.63) is 11.3 Å². The monoisotopic (exact) mass is 294 g/mol. The highest BCUT2D eigenvalue weighted by atomic mass is 32.2. The number of rotatable bonds is 4. The van der Waals surface area contributed by atoms with Crippen LogP contribution in [0, 0.1) is 6.92 Å². The summed E-state index contributed by atoms with van der Waals surface area (Å²) in [6.45, 7) is 10.0. The number of nitrogens with one attached hydrogen (secondary N) is 1. The Bertz CT molecular complexity index is 470. The van der Waals surface area contributed by atoms with E-state index in [4.69, 9.17) is 0 Å². The Labute approximate surface area is 126 Å². The van der Waals surface area contributed by atoms with E-state index in [-0.39, 0.29) is 0 Å². The molecular formula is C15H26N4S. The van der Waals surface area contributed by atoms with Gasteiger partial charge >= 0.3 is 0 Å². The number of hydrogen-bond donors (Lipinski definition) is 1. The topological polar surface area (TPSA) is 33.1 Å². The first-order valence-corrected chi connectivity index (χ1v) is 8.65. The van der Waals surface area contributed by atoms with Crippen LogP contribution in [0.5, 0.6) is 0 Å². The molecule has 2 aliphatic rings. The molecule has 3 rings (SSSR count). The fraction of sp³-hybridized carbons (Fsp3) is 0.800. The van der Waals surface area contributed by atoms with Crippen LogP contribution in [-0.4, -0.2) is 39.4 Å². The van der Waals surface area contributed by atoms with Crippen molar-refractivity contribution >= 4 is 17.6 Å². The van der Waals surface area contributed by atoms with E-state index < -0.39 is 0 Å². The molecule has 4 nitrogen and oxygen atoms in total. The third-order valence-corrected chi connectivity index (χ3v) is 5.40. The highest BCUT2D eigenvalue weighted by molar-refractivity contribution is 8.00. The quantitative estimate of drug-likeness (QED) is 0.924. The van der Waals surface area contributed by atoms with Gasteiger partial charge < -0.3 is 10.2 Å². The minimum atomic E-state index is 0.693. The number of nitrogens with zero attached hydrogens (tertiary/aromatic N) is 3. The van der Waals surface area contributed by atoms with E-state index in [9.17, 15) is 0 Å². The molecule has 5 heteroatoms. The van der Waals surface area contributed by atoms with Gasteiger partial charge in [-0.15, -0.1) is 0 Å². The van der Waals surface area contributed by atoms with E-state index in [0.29, 0.717) is 10.5 Å². The zero-order valence-electron chi connectivity index (χ0n) is 13.0. The van der Waals surface area contributed by atoms with Gasteiger partial charge in [0, 0.05) is 48.8 Å². The lowest BCUT2D eigenvalue weighted by Gasteiger charge is -2.36. The number of hydrogen-bond acceptors (Lipinski definition) is 4. The standard InChI is InChI=1S/C15H26N4S/c1-10-8-19(9-11(2)20-10)15-14(7-16-13-5-6-13)12(3)17-18(15)4/h10-11,13,16H,5-9H2,1-4H3. The molecule has 2 atom stereocenters. The van der Waals surface area contributed by atoms with Gasteiger partial charge in [-0.25, -0.2) is 0 Å². The molecule has 20 heavy (non-hydrogen) atoms. The predicted octanol–water partition coefficient (Wildman–Crippen LogP) is 2.31. The third-order valence-electron chi connectivity index (χ3n) is 4.18. The molecule has 2 heterocycles. The molecular weight excluding hydrogens is 268 g/mol. The van der Waals surface area contributed by atoms with E-state index in [2.05, 4.69) is 59.6 Å². The van der Waals surface area contributed by atoms with Crippen LogP contribution in [-0.2, 0) is 13.6 Å². The lowest BCUT2D eigenvalue weighted by molar-refractivity contribution is 0.655. The first kappa shape index (κ1) is 14.3. The van der Waals surface area contributed by atoms with Crippen molar-refractivity contribution in [2.24, 2.45) is 7.05 Å². The summed E-state index contributed by atoms with van der Waals surface area (Å²) in [6.07, 6.45) is 2.67. The summed E-state index contributed by atoms with van der Waals surface area (Å²) in [5, 5.41) is 9.69. The lowest BCUT2D eigenvalue weighted by Crippen LogP contribution is -2.42. The maximum atomic E-state index is 4.66. The summed E-state index contributed by atoms with van der Waals surface area (Å²) in [7, 11) is 2.08. The Morgan fingerprint density at radius 2 is 1.90 bits per heavy atom. The second-order valence-corrected chi connectivity index (χ2v) is 8.21. The average molecular weight is 294 g/mol. The normalized spacial score (nSPS) is 27.1. The van der Waals surface area contributed by atoms with Crippen molar-refractivity contribution in [2.45, 2.75) is 56.7 Å². The van der Waals surface area contributed by atoms with Gasteiger partial charge in [-0.2, -0.15) is 16.9 Å². The number of anilines is 1. The van der Waals surface area contributed by atoms with Gasteiger partial charge in [-0.05, 0) is 19.8 Å². The molecule has 1 aliphatic carbocycles. The van der Waals surface area contributed by atoms with E-state index in [1.807, 2.05) is 0 Å². The van der Waals surface area contributed by atoms with Gasteiger partial charge in [0.05, 0.1) is 5.69 Å². The van der Waals surface area contributed by atoms with E-state index in [1.165, 1.54) is 29.9 Å². The van der Waals surface area contributed by atoms with Gasteiger partial charge in [-0.3, -0.25) is 4.68 Å². The summed E-state index contributed by atoms with van der Waals surface area (Å²) < 4.78 is 2.08. The fourth-order valence-corrected chi connectivity index (χ4v) is 4.50. The number of aryl methyl sites for hydroxylation is 2. The Morgan fingerprint density at radius 3 is 2.50 bits per heavy atom. The minimum absolute atomic E-state index is 0.693. The van der Waals surface area contributed by atoms with E-state index >= 15 is 0 Å². The largest absolute Gasteiger partial charge is 0.354 e. The Balaban J connectivity index is 1.82. The smallest absolute Gasteiger partial charge is 0.131 e. The van der Waals surface area contributed by atoms with Crippen LogP contribution in [0.1, 0.15) is 37.9 Å². The molecule has 112 valence electrons. The van der Waals surface area contributed by atoms with Crippen molar-refractivity contribution in [1.29, 1.82) is 0 Å². The van der Waals surface area contributed by atoms with Gasteiger partial charge in [0.1, 0.15) is 5.82 Å². The van der Waals surface area contributed by atoms with Crippen LogP contribution >= 0.6 is 11.8 Å². The van der Waals surface area contributed by atoms with Crippen molar-refractivity contribution < 1.29 is 0 Å². The number of aromatic nitrogens is 2. The molecule has 1 aromatic heterocycles. The second kappa shape index (κ2) is 5.60. The molecule has 0 amide bonds. The van der Waals surface area contributed by atoms with Gasteiger partial charge in [0.25, 0.3) is 0 Å². The molecule has 1 aliphatic heterocycles. The Morgan fingerprint density at radius 1 is 1.25 bits per heavy atom. The predicted molar refractivity (Wildman–Crippen MR) is 86.5 cm³/mol. The van der Waals surface area contributed by atoms with Crippen LogP contribution in [0.4, 0.5) is 5.82 Å². The maximum Gasteiger partial charge on any atom is 0.131 e. The van der Waals surface area contributed by atoms with Crippen molar-refractivity contribution in [2.75, 3.05) is 18.0 Å². The molecule has 1 N–H and O–H groups in total. The van der Waals surface area contributed by atoms with Crippen molar-refractivity contribution in [1.82, 2.24) is 15.1 Å². The average Bonchev–Trinajstić information content (AvgIpc) is 3.12. The van der Waals surface area contributed by atoms with E-state index in [0.717, 1.165) is 25.7 Å². The lowest BCUT2D eigenvalue weighted by atomic mass is 10.2. The molecule has 0 radical (unpaired) electrons. The highest BCUT2D eigenvalue weighted by Gasteiger charge is 2.28. The first-order valence-electron chi connectivity index (χ1n) is 7.71. The SMILES string of the molecule is Cc1nn(C)c(N2CC(C)SC(C)C2)c1CNC1CC1. The summed E-state index contributed by atoms with van der Waals surface area (Å²) in [5.41, 5.74) is 2.57. The summed E-state index contributed by atoms with van der Waals surface area (Å²) in [6, 6.07) is 0.747. The summed E-state index contributed by atoms with van der Waals surface area (Å²) in [5.74, 6) is 1.33. The molecule has 0 bridgehead atoms. The third kappa shape index (κ3) is 2.98. The second-order valence-electron chi connectivity index (χ2n) is 6.33. The number of thioether (sulfide) groups is 1. The highest BCUT2D eigenvalue weighted by Crippen LogP contribution is 2.32. The van der Waals surface area contributed by atoms with Crippen LogP contribution in [0.15, 0.2) is 0 Å². The zero-order valence-corrected chi connectivity index (χ0v) is 13.8. The van der Waals surface area contributed by atoms with Gasteiger partial charge in [-0.1, -0.05) is 13.8 Å².